The Morgan fingerprint density at radius 3 is 2.88 bits per heavy atom. The standard InChI is InChI=1S/C16H23F2N3O2.ClH/c17-16(18)23-14-6-2-1-4-12(14)10-21-9-3-5-13(11-21)15(22)20-8-7-19;/h1-2,4,6,13,16H,3,5,7-11,19H2,(H,20,22);1H. The normalized spacial score (nSPS) is 18.1. The summed E-state index contributed by atoms with van der Waals surface area (Å²) in [6.45, 7) is -0.0135. The molecule has 2 rings (SSSR count). The van der Waals surface area contributed by atoms with Gasteiger partial charge in [-0.3, -0.25) is 9.69 Å². The van der Waals surface area contributed by atoms with E-state index in [4.69, 9.17) is 5.73 Å². The number of hydrogen-bond donors (Lipinski definition) is 2. The maximum atomic E-state index is 12.5. The van der Waals surface area contributed by atoms with Crippen molar-refractivity contribution in [2.75, 3.05) is 26.2 Å². The summed E-state index contributed by atoms with van der Waals surface area (Å²) in [4.78, 5) is 14.2. The van der Waals surface area contributed by atoms with Crippen molar-refractivity contribution in [1.82, 2.24) is 10.2 Å². The number of alkyl halides is 2. The Morgan fingerprint density at radius 1 is 1.42 bits per heavy atom. The molecular formula is C16H24ClF2N3O2. The number of piperidine rings is 1. The number of halogens is 3. The van der Waals surface area contributed by atoms with E-state index in [1.165, 1.54) is 6.07 Å². The molecule has 0 radical (unpaired) electrons. The van der Waals surface area contributed by atoms with Crippen molar-refractivity contribution >= 4 is 18.3 Å². The molecule has 3 N–H and O–H groups in total. The first-order valence-corrected chi connectivity index (χ1v) is 7.83. The van der Waals surface area contributed by atoms with Crippen molar-refractivity contribution in [3.8, 4) is 5.75 Å². The first kappa shape index (κ1) is 20.6. The highest BCUT2D eigenvalue weighted by Gasteiger charge is 2.26. The lowest BCUT2D eigenvalue weighted by Crippen LogP contribution is -2.43. The second-order valence-corrected chi connectivity index (χ2v) is 5.64. The minimum Gasteiger partial charge on any atom is -0.434 e. The van der Waals surface area contributed by atoms with Crippen LogP contribution in [0.3, 0.4) is 0 Å². The Labute approximate surface area is 146 Å². The summed E-state index contributed by atoms with van der Waals surface area (Å²) in [6, 6.07) is 6.77. The Morgan fingerprint density at radius 2 is 2.17 bits per heavy atom. The van der Waals surface area contributed by atoms with Crippen LogP contribution in [0.15, 0.2) is 24.3 Å². The van der Waals surface area contributed by atoms with E-state index in [9.17, 15) is 13.6 Å². The number of para-hydroxylation sites is 1. The largest absolute Gasteiger partial charge is 0.434 e. The van der Waals surface area contributed by atoms with E-state index < -0.39 is 6.61 Å². The third-order valence-electron chi connectivity index (χ3n) is 3.90. The zero-order chi connectivity index (χ0) is 16.7. The number of nitrogens with zero attached hydrogens (tertiary/aromatic N) is 1. The topological polar surface area (TPSA) is 67.6 Å². The maximum Gasteiger partial charge on any atom is 0.387 e. The van der Waals surface area contributed by atoms with E-state index in [1.54, 1.807) is 18.2 Å². The molecule has 0 spiro atoms. The molecular weight excluding hydrogens is 340 g/mol. The van der Waals surface area contributed by atoms with Crippen LogP contribution in [0.4, 0.5) is 8.78 Å². The Hall–Kier alpha value is -1.44. The summed E-state index contributed by atoms with van der Waals surface area (Å²) < 4.78 is 29.5. The van der Waals surface area contributed by atoms with Crippen molar-refractivity contribution in [1.29, 1.82) is 0 Å². The van der Waals surface area contributed by atoms with Crippen LogP contribution in [0.1, 0.15) is 18.4 Å². The minimum absolute atomic E-state index is 0. The molecule has 1 amide bonds. The maximum absolute atomic E-state index is 12.5. The van der Waals surface area contributed by atoms with Crippen LogP contribution in [-0.2, 0) is 11.3 Å². The molecule has 1 aliphatic heterocycles. The molecule has 1 heterocycles. The van der Waals surface area contributed by atoms with E-state index in [2.05, 4.69) is 15.0 Å². The molecule has 0 bridgehead atoms. The molecule has 1 saturated heterocycles. The van der Waals surface area contributed by atoms with Gasteiger partial charge in [0.15, 0.2) is 0 Å². The number of amides is 1. The van der Waals surface area contributed by atoms with Crippen molar-refractivity contribution < 1.29 is 18.3 Å². The second kappa shape index (κ2) is 10.4. The van der Waals surface area contributed by atoms with Gasteiger partial charge in [-0.1, -0.05) is 18.2 Å². The van der Waals surface area contributed by atoms with Gasteiger partial charge in [0.1, 0.15) is 5.75 Å². The molecule has 0 saturated carbocycles. The number of likely N-dealkylation sites (tertiary alicyclic amines) is 1. The SMILES string of the molecule is Cl.NCCNC(=O)C1CCCN(Cc2ccccc2OC(F)F)C1. The van der Waals surface area contributed by atoms with Crippen molar-refractivity contribution in [2.45, 2.75) is 26.0 Å². The molecule has 0 aromatic heterocycles. The number of nitrogens with two attached hydrogens (primary N) is 1. The highest BCUT2D eigenvalue weighted by atomic mass is 35.5. The zero-order valence-corrected chi connectivity index (χ0v) is 14.2. The van der Waals surface area contributed by atoms with Crippen molar-refractivity contribution in [3.05, 3.63) is 29.8 Å². The molecule has 1 aliphatic rings. The second-order valence-electron chi connectivity index (χ2n) is 5.64. The molecule has 8 heteroatoms. The van der Waals surface area contributed by atoms with Gasteiger partial charge in [0, 0.05) is 31.7 Å². The van der Waals surface area contributed by atoms with Crippen LogP contribution in [0.25, 0.3) is 0 Å². The summed E-state index contributed by atoms with van der Waals surface area (Å²) in [7, 11) is 0. The molecule has 136 valence electrons. The lowest BCUT2D eigenvalue weighted by atomic mass is 9.96. The minimum atomic E-state index is -2.84. The number of carbonyl (C=O) groups is 1. The smallest absolute Gasteiger partial charge is 0.387 e. The van der Waals surface area contributed by atoms with Gasteiger partial charge in [-0.15, -0.1) is 12.4 Å². The van der Waals surface area contributed by atoms with Crippen LogP contribution in [0.2, 0.25) is 0 Å². The average Bonchev–Trinajstić information content (AvgIpc) is 2.54. The quantitative estimate of drug-likeness (QED) is 0.777. The van der Waals surface area contributed by atoms with Gasteiger partial charge in [0.2, 0.25) is 5.91 Å². The van der Waals surface area contributed by atoms with E-state index in [0.717, 1.165) is 19.4 Å². The predicted octanol–water partition coefficient (Wildman–Crippen LogP) is 2.00. The van der Waals surface area contributed by atoms with E-state index in [1.807, 2.05) is 0 Å². The lowest BCUT2D eigenvalue weighted by Gasteiger charge is -2.32. The molecule has 1 atom stereocenters. The van der Waals surface area contributed by atoms with Gasteiger partial charge in [-0.25, -0.2) is 0 Å². The van der Waals surface area contributed by atoms with Crippen molar-refractivity contribution in [2.24, 2.45) is 11.7 Å². The molecule has 0 aliphatic carbocycles. The predicted molar refractivity (Wildman–Crippen MR) is 90.4 cm³/mol. The summed E-state index contributed by atoms with van der Waals surface area (Å²) in [5, 5.41) is 2.81. The highest BCUT2D eigenvalue weighted by Crippen LogP contribution is 2.24. The molecule has 1 aromatic carbocycles. The van der Waals surface area contributed by atoms with Crippen LogP contribution in [-0.4, -0.2) is 43.6 Å². The summed E-state index contributed by atoms with van der Waals surface area (Å²) >= 11 is 0. The third-order valence-corrected chi connectivity index (χ3v) is 3.90. The molecule has 24 heavy (non-hydrogen) atoms. The molecule has 1 fully saturated rings. The number of carbonyl (C=O) groups excluding carboxylic acids is 1. The van der Waals surface area contributed by atoms with Gasteiger partial charge >= 0.3 is 6.61 Å². The number of benzene rings is 1. The molecule has 1 unspecified atom stereocenters. The third kappa shape index (κ3) is 6.22. The number of nitrogens with one attached hydrogen (secondary N) is 1. The van der Waals surface area contributed by atoms with Gasteiger partial charge in [-0.05, 0) is 25.5 Å². The summed E-state index contributed by atoms with van der Waals surface area (Å²) in [6.07, 6.45) is 1.74. The van der Waals surface area contributed by atoms with Gasteiger partial charge in [-0.2, -0.15) is 8.78 Å². The average molecular weight is 364 g/mol. The monoisotopic (exact) mass is 363 g/mol. The van der Waals surface area contributed by atoms with Crippen LogP contribution < -0.4 is 15.8 Å². The van der Waals surface area contributed by atoms with Gasteiger partial charge < -0.3 is 15.8 Å². The van der Waals surface area contributed by atoms with Crippen LogP contribution in [0, 0.1) is 5.92 Å². The van der Waals surface area contributed by atoms with Crippen LogP contribution >= 0.6 is 12.4 Å². The first-order valence-electron chi connectivity index (χ1n) is 7.83. The van der Waals surface area contributed by atoms with Crippen molar-refractivity contribution in [3.63, 3.8) is 0 Å². The summed E-state index contributed by atoms with van der Waals surface area (Å²) in [5.41, 5.74) is 6.10. The van der Waals surface area contributed by atoms with Gasteiger partial charge in [0.25, 0.3) is 0 Å². The number of rotatable bonds is 7. The fraction of sp³-hybridized carbons (Fsp3) is 0.562. The molecule has 5 nitrogen and oxygen atoms in total. The highest BCUT2D eigenvalue weighted by molar-refractivity contribution is 5.85. The number of hydrogen-bond acceptors (Lipinski definition) is 4. The van der Waals surface area contributed by atoms with Gasteiger partial charge in [0.05, 0.1) is 5.92 Å². The fourth-order valence-corrected chi connectivity index (χ4v) is 2.84. The fourth-order valence-electron chi connectivity index (χ4n) is 2.84. The van der Waals surface area contributed by atoms with E-state index in [0.29, 0.717) is 31.7 Å². The Balaban J connectivity index is 0.00000288. The zero-order valence-electron chi connectivity index (χ0n) is 13.4. The summed E-state index contributed by atoms with van der Waals surface area (Å²) in [5.74, 6) is 0.118. The number of ether oxygens (including phenoxy) is 1. The van der Waals surface area contributed by atoms with Crippen LogP contribution in [0.5, 0.6) is 5.75 Å². The van der Waals surface area contributed by atoms with E-state index >= 15 is 0 Å². The lowest BCUT2D eigenvalue weighted by molar-refractivity contribution is -0.126. The first-order chi connectivity index (χ1) is 11.1. The molecule has 1 aromatic rings. The van der Waals surface area contributed by atoms with E-state index in [-0.39, 0.29) is 30.0 Å². The Kier molecular flexibility index (Phi) is 8.95. The Bertz CT molecular complexity index is 520.